The molecule has 0 saturated carbocycles. The van der Waals surface area contributed by atoms with Crippen LogP contribution in [0.25, 0.3) is 0 Å². The van der Waals surface area contributed by atoms with Crippen molar-refractivity contribution in [1.82, 2.24) is 0 Å². The van der Waals surface area contributed by atoms with Crippen molar-refractivity contribution in [1.29, 1.82) is 0 Å². The van der Waals surface area contributed by atoms with Gasteiger partial charge in [-0.3, -0.25) is 0 Å². The summed E-state index contributed by atoms with van der Waals surface area (Å²) in [5.41, 5.74) is -1.09. The second-order valence-corrected chi connectivity index (χ2v) is 4.99. The third-order valence-electron chi connectivity index (χ3n) is 3.54. The van der Waals surface area contributed by atoms with E-state index in [1.54, 1.807) is 0 Å². The van der Waals surface area contributed by atoms with Crippen LogP contribution in [-0.2, 0) is 6.18 Å². The largest absolute Gasteiger partial charge is 0.419 e. The molecule has 1 nitrogen and oxygen atoms in total. The standard InChI is InChI=1S/C15H20F4O/c1-3-5-6-10(4-2)14(20)11-7-8-12(13(16)9-11)15(17,18)19/h7-10,14,20H,3-6H2,1-2H3. The smallest absolute Gasteiger partial charge is 0.388 e. The van der Waals surface area contributed by atoms with E-state index in [1.807, 2.05) is 13.8 Å². The third kappa shape index (κ3) is 4.20. The molecule has 0 aliphatic rings. The van der Waals surface area contributed by atoms with E-state index in [0.29, 0.717) is 12.5 Å². The lowest BCUT2D eigenvalue weighted by atomic mass is 9.89. The lowest BCUT2D eigenvalue weighted by Gasteiger charge is -2.22. The molecule has 0 aliphatic heterocycles. The molecule has 114 valence electrons. The van der Waals surface area contributed by atoms with E-state index in [1.165, 1.54) is 0 Å². The van der Waals surface area contributed by atoms with Gasteiger partial charge in [0.2, 0.25) is 0 Å². The fourth-order valence-electron chi connectivity index (χ4n) is 2.27. The SMILES string of the molecule is CCCCC(CC)C(O)c1ccc(C(F)(F)F)c(F)c1. The molecule has 0 amide bonds. The number of rotatable bonds is 6. The molecule has 1 N–H and O–H groups in total. The Balaban J connectivity index is 2.94. The highest BCUT2D eigenvalue weighted by Gasteiger charge is 2.34. The third-order valence-corrected chi connectivity index (χ3v) is 3.54. The van der Waals surface area contributed by atoms with Crippen molar-refractivity contribution in [2.45, 2.75) is 51.8 Å². The zero-order chi connectivity index (χ0) is 15.3. The van der Waals surface area contributed by atoms with Crippen LogP contribution in [0, 0.1) is 11.7 Å². The zero-order valence-electron chi connectivity index (χ0n) is 11.7. The first-order valence-corrected chi connectivity index (χ1v) is 6.85. The van der Waals surface area contributed by atoms with Crippen LogP contribution in [0.15, 0.2) is 18.2 Å². The van der Waals surface area contributed by atoms with Crippen LogP contribution in [0.5, 0.6) is 0 Å². The Bertz CT molecular complexity index is 428. The van der Waals surface area contributed by atoms with Crippen molar-refractivity contribution >= 4 is 0 Å². The molecule has 0 spiro atoms. The molecule has 1 rings (SSSR count). The van der Waals surface area contributed by atoms with Crippen molar-refractivity contribution in [3.05, 3.63) is 35.1 Å². The fourth-order valence-corrected chi connectivity index (χ4v) is 2.27. The van der Waals surface area contributed by atoms with E-state index >= 15 is 0 Å². The van der Waals surface area contributed by atoms with Crippen molar-refractivity contribution in [3.63, 3.8) is 0 Å². The highest BCUT2D eigenvalue weighted by atomic mass is 19.4. The molecular weight excluding hydrogens is 272 g/mol. The number of halogens is 4. The van der Waals surface area contributed by atoms with Crippen LogP contribution < -0.4 is 0 Å². The zero-order valence-corrected chi connectivity index (χ0v) is 11.7. The van der Waals surface area contributed by atoms with Gasteiger partial charge in [-0.25, -0.2) is 4.39 Å². The number of hydrogen-bond acceptors (Lipinski definition) is 1. The van der Waals surface area contributed by atoms with Crippen molar-refractivity contribution in [2.75, 3.05) is 0 Å². The number of benzene rings is 1. The second kappa shape index (κ2) is 7.07. The number of unbranched alkanes of at least 4 members (excludes halogenated alkanes) is 1. The minimum absolute atomic E-state index is 0.0638. The van der Waals surface area contributed by atoms with Gasteiger partial charge in [0.1, 0.15) is 5.82 Å². The van der Waals surface area contributed by atoms with Crippen LogP contribution in [0.1, 0.15) is 56.8 Å². The van der Waals surface area contributed by atoms with E-state index in [4.69, 9.17) is 0 Å². The van der Waals surface area contributed by atoms with Gasteiger partial charge < -0.3 is 5.11 Å². The molecule has 1 aromatic carbocycles. The van der Waals surface area contributed by atoms with Crippen LogP contribution >= 0.6 is 0 Å². The molecular formula is C15H20F4O. The summed E-state index contributed by atoms with van der Waals surface area (Å²) in [5, 5.41) is 10.2. The molecule has 2 atom stereocenters. The van der Waals surface area contributed by atoms with Crippen molar-refractivity contribution < 1.29 is 22.7 Å². The van der Waals surface area contributed by atoms with E-state index < -0.39 is 23.7 Å². The topological polar surface area (TPSA) is 20.2 Å². The molecule has 0 fully saturated rings. The maximum Gasteiger partial charge on any atom is 0.419 e. The molecule has 2 unspecified atom stereocenters. The summed E-state index contributed by atoms with van der Waals surface area (Å²) < 4.78 is 50.9. The van der Waals surface area contributed by atoms with E-state index in [0.717, 1.165) is 31.4 Å². The van der Waals surface area contributed by atoms with Gasteiger partial charge in [0.15, 0.2) is 0 Å². The molecule has 1 aromatic rings. The summed E-state index contributed by atoms with van der Waals surface area (Å²) >= 11 is 0. The predicted octanol–water partition coefficient (Wildman–Crippen LogP) is 5.09. The van der Waals surface area contributed by atoms with Gasteiger partial charge in [-0.05, 0) is 30.0 Å². The Kier molecular flexibility index (Phi) is 5.99. The minimum atomic E-state index is -4.71. The van der Waals surface area contributed by atoms with Crippen molar-refractivity contribution in [3.8, 4) is 0 Å². The number of alkyl halides is 3. The molecule has 0 heterocycles. The molecule has 0 aromatic heterocycles. The van der Waals surface area contributed by atoms with E-state index in [9.17, 15) is 22.7 Å². The Morgan fingerprint density at radius 2 is 1.85 bits per heavy atom. The monoisotopic (exact) mass is 292 g/mol. The van der Waals surface area contributed by atoms with Gasteiger partial charge in [0, 0.05) is 0 Å². The lowest BCUT2D eigenvalue weighted by molar-refractivity contribution is -0.140. The molecule has 20 heavy (non-hydrogen) atoms. The minimum Gasteiger partial charge on any atom is -0.388 e. The van der Waals surface area contributed by atoms with E-state index in [2.05, 4.69) is 0 Å². The van der Waals surface area contributed by atoms with Crippen LogP contribution in [0.2, 0.25) is 0 Å². The van der Waals surface area contributed by atoms with Crippen LogP contribution in [-0.4, -0.2) is 5.11 Å². The summed E-state index contributed by atoms with van der Waals surface area (Å²) in [6.07, 6.45) is -2.26. The van der Waals surface area contributed by atoms with Crippen LogP contribution in [0.3, 0.4) is 0 Å². The number of aliphatic hydroxyl groups is 1. The summed E-state index contributed by atoms with van der Waals surface area (Å²) in [7, 11) is 0. The van der Waals surface area contributed by atoms with Crippen LogP contribution in [0.4, 0.5) is 17.6 Å². The van der Waals surface area contributed by atoms with Gasteiger partial charge in [-0.1, -0.05) is 39.2 Å². The maximum atomic E-state index is 13.5. The first kappa shape index (κ1) is 17.0. The summed E-state index contributed by atoms with van der Waals surface area (Å²) in [5.74, 6) is -1.40. The maximum absolute atomic E-state index is 13.5. The molecule has 5 heteroatoms. The molecule has 0 aliphatic carbocycles. The Morgan fingerprint density at radius 3 is 2.30 bits per heavy atom. The average Bonchev–Trinajstić information content (AvgIpc) is 2.37. The normalized spacial score (nSPS) is 15.2. The highest BCUT2D eigenvalue weighted by Crippen LogP contribution is 2.34. The van der Waals surface area contributed by atoms with Gasteiger partial charge in [0.05, 0.1) is 11.7 Å². The van der Waals surface area contributed by atoms with Gasteiger partial charge in [-0.2, -0.15) is 13.2 Å². The van der Waals surface area contributed by atoms with Gasteiger partial charge in [0.25, 0.3) is 0 Å². The summed E-state index contributed by atoms with van der Waals surface area (Å²) in [6, 6.07) is 2.65. The molecule has 0 bridgehead atoms. The fraction of sp³-hybridized carbons (Fsp3) is 0.600. The Hall–Kier alpha value is -1.10. The second-order valence-electron chi connectivity index (χ2n) is 4.99. The number of hydrogen-bond donors (Lipinski definition) is 1. The first-order valence-electron chi connectivity index (χ1n) is 6.85. The summed E-state index contributed by atoms with van der Waals surface area (Å²) in [4.78, 5) is 0. The van der Waals surface area contributed by atoms with Crippen molar-refractivity contribution in [2.24, 2.45) is 5.92 Å². The predicted molar refractivity (Wildman–Crippen MR) is 69.7 cm³/mol. The van der Waals surface area contributed by atoms with Gasteiger partial charge in [-0.15, -0.1) is 0 Å². The summed E-state index contributed by atoms with van der Waals surface area (Å²) in [6.45, 7) is 3.93. The Morgan fingerprint density at radius 1 is 1.20 bits per heavy atom. The highest BCUT2D eigenvalue weighted by molar-refractivity contribution is 5.28. The first-order chi connectivity index (χ1) is 9.31. The van der Waals surface area contributed by atoms with E-state index in [-0.39, 0.29) is 11.5 Å². The molecule has 0 saturated heterocycles. The average molecular weight is 292 g/mol. The molecule has 0 radical (unpaired) electrons. The lowest BCUT2D eigenvalue weighted by Crippen LogP contribution is -2.14. The van der Waals surface area contributed by atoms with Gasteiger partial charge >= 0.3 is 6.18 Å². The number of aliphatic hydroxyl groups excluding tert-OH is 1. The Labute approximate surface area is 116 Å². The quantitative estimate of drug-likeness (QED) is 0.724.